The molecule has 0 bridgehead atoms. The first kappa shape index (κ1) is 7.69. The van der Waals surface area contributed by atoms with Crippen LogP contribution < -0.4 is 0 Å². The van der Waals surface area contributed by atoms with E-state index in [9.17, 15) is 4.79 Å². The topological polar surface area (TPSA) is 29.5 Å². The largest absolute Gasteiger partial charge is 0.302 e. The highest BCUT2D eigenvalue weighted by atomic mass is 16.7. The molecule has 0 saturated carbocycles. The molecule has 0 spiro atoms. The smallest absolute Gasteiger partial charge is 0.139 e. The van der Waals surface area contributed by atoms with Crippen LogP contribution in [0, 0.1) is 0 Å². The third kappa shape index (κ3) is 1.55. The van der Waals surface area contributed by atoms with Crippen molar-refractivity contribution in [3.8, 4) is 0 Å². The fraction of sp³-hybridized carbons (Fsp3) is 0.857. The zero-order valence-electron chi connectivity index (χ0n) is 6.25. The molecule has 1 atom stereocenters. The first-order valence-electron chi connectivity index (χ1n) is 3.73. The number of hydroxylamine groups is 2. The van der Waals surface area contributed by atoms with E-state index in [0.717, 1.165) is 25.7 Å². The molecular formula is C7H13NO2. The average molecular weight is 143 g/mol. The van der Waals surface area contributed by atoms with E-state index in [1.807, 2.05) is 6.92 Å². The standard InChI is InChI=1S/C7H13NO2/c1-2-10-8-5-3-4-7(8)6-9/h6-7H,2-5H2,1H3/t7-/m0/s1. The summed E-state index contributed by atoms with van der Waals surface area (Å²) in [5.41, 5.74) is 0. The summed E-state index contributed by atoms with van der Waals surface area (Å²) in [6.45, 7) is 3.49. The van der Waals surface area contributed by atoms with E-state index < -0.39 is 0 Å². The van der Waals surface area contributed by atoms with Crippen LogP contribution in [0.2, 0.25) is 0 Å². The van der Waals surface area contributed by atoms with Gasteiger partial charge in [-0.25, -0.2) is 0 Å². The maximum absolute atomic E-state index is 10.4. The Kier molecular flexibility index (Phi) is 2.83. The Morgan fingerprint density at radius 3 is 3.20 bits per heavy atom. The summed E-state index contributed by atoms with van der Waals surface area (Å²) in [7, 11) is 0. The fourth-order valence-electron chi connectivity index (χ4n) is 1.23. The lowest BCUT2D eigenvalue weighted by Gasteiger charge is -2.17. The maximum Gasteiger partial charge on any atom is 0.139 e. The molecule has 1 saturated heterocycles. The summed E-state index contributed by atoms with van der Waals surface area (Å²) in [5.74, 6) is 0. The van der Waals surface area contributed by atoms with Gasteiger partial charge < -0.3 is 4.79 Å². The van der Waals surface area contributed by atoms with Crippen molar-refractivity contribution in [3.63, 3.8) is 0 Å². The van der Waals surface area contributed by atoms with Gasteiger partial charge in [0.25, 0.3) is 0 Å². The third-order valence-electron chi connectivity index (χ3n) is 1.70. The van der Waals surface area contributed by atoms with Crippen molar-refractivity contribution < 1.29 is 9.63 Å². The van der Waals surface area contributed by atoms with E-state index >= 15 is 0 Å². The van der Waals surface area contributed by atoms with E-state index in [1.54, 1.807) is 5.06 Å². The number of aldehydes is 1. The summed E-state index contributed by atoms with van der Waals surface area (Å²) in [6, 6.07) is 0.0138. The van der Waals surface area contributed by atoms with Crippen molar-refractivity contribution in [2.75, 3.05) is 13.2 Å². The van der Waals surface area contributed by atoms with Crippen LogP contribution in [0.3, 0.4) is 0 Å². The summed E-state index contributed by atoms with van der Waals surface area (Å²) in [5, 5.41) is 1.77. The first-order chi connectivity index (χ1) is 4.88. The molecule has 0 aromatic carbocycles. The molecule has 0 radical (unpaired) electrons. The van der Waals surface area contributed by atoms with Gasteiger partial charge in [-0.3, -0.25) is 4.84 Å². The normalized spacial score (nSPS) is 27.1. The van der Waals surface area contributed by atoms with Crippen molar-refractivity contribution in [2.24, 2.45) is 0 Å². The molecule has 0 aromatic heterocycles. The van der Waals surface area contributed by atoms with Crippen LogP contribution in [0.15, 0.2) is 0 Å². The van der Waals surface area contributed by atoms with Gasteiger partial charge in [-0.2, -0.15) is 5.06 Å². The van der Waals surface area contributed by atoms with Gasteiger partial charge in [0.1, 0.15) is 6.29 Å². The lowest BCUT2D eigenvalue weighted by atomic mass is 10.2. The van der Waals surface area contributed by atoms with E-state index in [0.29, 0.717) is 6.61 Å². The number of rotatable bonds is 3. The van der Waals surface area contributed by atoms with Gasteiger partial charge in [0.2, 0.25) is 0 Å². The van der Waals surface area contributed by atoms with Gasteiger partial charge in [0, 0.05) is 6.54 Å². The Bertz CT molecular complexity index is 116. The summed E-state index contributed by atoms with van der Waals surface area (Å²) in [4.78, 5) is 15.6. The van der Waals surface area contributed by atoms with Crippen LogP contribution in [-0.2, 0) is 9.63 Å². The summed E-state index contributed by atoms with van der Waals surface area (Å²) in [6.07, 6.45) is 2.98. The fourth-order valence-corrected chi connectivity index (χ4v) is 1.23. The molecular weight excluding hydrogens is 130 g/mol. The summed E-state index contributed by atoms with van der Waals surface area (Å²) < 4.78 is 0. The molecule has 1 fully saturated rings. The second-order valence-corrected chi connectivity index (χ2v) is 2.40. The second kappa shape index (κ2) is 3.68. The zero-order chi connectivity index (χ0) is 7.40. The molecule has 1 aliphatic heterocycles. The van der Waals surface area contributed by atoms with Crippen LogP contribution in [0.25, 0.3) is 0 Å². The van der Waals surface area contributed by atoms with Crippen molar-refractivity contribution >= 4 is 6.29 Å². The monoisotopic (exact) mass is 143 g/mol. The Morgan fingerprint density at radius 1 is 1.80 bits per heavy atom. The Labute approximate surface area is 60.9 Å². The van der Waals surface area contributed by atoms with Crippen LogP contribution in [0.1, 0.15) is 19.8 Å². The maximum atomic E-state index is 10.4. The van der Waals surface area contributed by atoms with E-state index in [1.165, 1.54) is 0 Å². The molecule has 3 nitrogen and oxygen atoms in total. The SMILES string of the molecule is CCON1CCC[C@H]1C=O. The molecule has 58 valence electrons. The van der Waals surface area contributed by atoms with Gasteiger partial charge >= 0.3 is 0 Å². The first-order valence-corrected chi connectivity index (χ1v) is 3.73. The molecule has 1 heterocycles. The lowest BCUT2D eigenvalue weighted by molar-refractivity contribution is -0.166. The van der Waals surface area contributed by atoms with Crippen LogP contribution in [-0.4, -0.2) is 30.5 Å². The molecule has 0 aromatic rings. The number of carbonyl (C=O) groups excluding carboxylic acids is 1. The van der Waals surface area contributed by atoms with Crippen molar-refractivity contribution in [3.05, 3.63) is 0 Å². The van der Waals surface area contributed by atoms with E-state index in [4.69, 9.17) is 4.84 Å². The molecule has 0 N–H and O–H groups in total. The Balaban J connectivity index is 2.34. The van der Waals surface area contributed by atoms with Crippen LogP contribution in [0.5, 0.6) is 0 Å². The molecule has 10 heavy (non-hydrogen) atoms. The quantitative estimate of drug-likeness (QED) is 0.542. The van der Waals surface area contributed by atoms with Crippen LogP contribution >= 0.6 is 0 Å². The number of hydrogen-bond acceptors (Lipinski definition) is 3. The van der Waals surface area contributed by atoms with Gasteiger partial charge in [-0.05, 0) is 19.8 Å². The summed E-state index contributed by atoms with van der Waals surface area (Å²) >= 11 is 0. The number of carbonyl (C=O) groups is 1. The molecule has 0 unspecified atom stereocenters. The van der Waals surface area contributed by atoms with Gasteiger partial charge in [-0.1, -0.05) is 0 Å². The molecule has 0 amide bonds. The molecule has 0 aliphatic carbocycles. The highest BCUT2D eigenvalue weighted by molar-refractivity contribution is 5.57. The average Bonchev–Trinajstić information content (AvgIpc) is 2.36. The molecule has 3 heteroatoms. The minimum atomic E-state index is 0.0138. The van der Waals surface area contributed by atoms with E-state index in [-0.39, 0.29) is 6.04 Å². The minimum Gasteiger partial charge on any atom is -0.302 e. The van der Waals surface area contributed by atoms with Gasteiger partial charge in [-0.15, -0.1) is 0 Å². The zero-order valence-corrected chi connectivity index (χ0v) is 6.25. The van der Waals surface area contributed by atoms with Gasteiger partial charge in [0.05, 0.1) is 12.6 Å². The Morgan fingerprint density at radius 2 is 2.60 bits per heavy atom. The second-order valence-electron chi connectivity index (χ2n) is 2.40. The molecule has 1 aliphatic rings. The number of nitrogens with zero attached hydrogens (tertiary/aromatic N) is 1. The van der Waals surface area contributed by atoms with Crippen molar-refractivity contribution in [2.45, 2.75) is 25.8 Å². The van der Waals surface area contributed by atoms with E-state index in [2.05, 4.69) is 0 Å². The van der Waals surface area contributed by atoms with Gasteiger partial charge in [0.15, 0.2) is 0 Å². The minimum absolute atomic E-state index is 0.0138. The van der Waals surface area contributed by atoms with Crippen molar-refractivity contribution in [1.82, 2.24) is 5.06 Å². The highest BCUT2D eigenvalue weighted by Crippen LogP contribution is 2.14. The highest BCUT2D eigenvalue weighted by Gasteiger charge is 2.23. The molecule has 1 rings (SSSR count). The lowest BCUT2D eigenvalue weighted by Crippen LogP contribution is -2.30. The van der Waals surface area contributed by atoms with Crippen LogP contribution in [0.4, 0.5) is 0 Å². The predicted octanol–water partition coefficient (Wildman–Crippen LogP) is 0.601. The predicted molar refractivity (Wildman–Crippen MR) is 37.4 cm³/mol. The number of hydrogen-bond donors (Lipinski definition) is 0. The van der Waals surface area contributed by atoms with Crippen molar-refractivity contribution in [1.29, 1.82) is 0 Å². The third-order valence-corrected chi connectivity index (χ3v) is 1.70. The Hall–Kier alpha value is -0.410.